The number of hydrogen-bond acceptors (Lipinski definition) is 0. The molecule has 0 saturated heterocycles. The van der Waals surface area contributed by atoms with Crippen LogP contribution in [-0.4, -0.2) is 83.0 Å². The van der Waals surface area contributed by atoms with Crippen molar-refractivity contribution in [3.8, 4) is 27.9 Å². The van der Waals surface area contributed by atoms with Gasteiger partial charge in [0.05, 0.1) is 11.0 Å². The van der Waals surface area contributed by atoms with Crippen LogP contribution in [0.2, 0.25) is 0 Å². The van der Waals surface area contributed by atoms with E-state index in [0.717, 1.165) is 44.2 Å². The standard InChI is InChI=1S/C42H35B10N/c1-40(2,3)18-15-19(41(4,5)6)17-20(16-18)53-23-12-10-11-21(26-30(43)34(47)38(51)35(48)31(26)44)25(23)28-24(53)14-13-22(29(28)42(7,8)9)27-32(45)36(49)39(52)37(50)33(27)46/h10-17H,1-9H3. The van der Waals surface area contributed by atoms with Gasteiger partial charge in [0.1, 0.15) is 78.5 Å². The highest BCUT2D eigenvalue weighted by Gasteiger charge is 2.30. The van der Waals surface area contributed by atoms with Gasteiger partial charge >= 0.3 is 0 Å². The van der Waals surface area contributed by atoms with Crippen LogP contribution in [0.5, 0.6) is 0 Å². The molecular weight excluding hydrogens is 627 g/mol. The lowest BCUT2D eigenvalue weighted by Gasteiger charge is -2.29. The minimum Gasteiger partial charge on any atom is -0.309 e. The highest BCUT2D eigenvalue weighted by molar-refractivity contribution is 6.70. The van der Waals surface area contributed by atoms with Crippen LogP contribution in [0.3, 0.4) is 0 Å². The number of aromatic nitrogens is 1. The molecule has 0 bridgehead atoms. The van der Waals surface area contributed by atoms with E-state index >= 15 is 0 Å². The van der Waals surface area contributed by atoms with Gasteiger partial charge in [0.2, 0.25) is 0 Å². The van der Waals surface area contributed by atoms with Crippen LogP contribution < -0.4 is 54.6 Å². The van der Waals surface area contributed by atoms with Gasteiger partial charge in [-0.25, -0.2) is 0 Å². The molecule has 1 heterocycles. The highest BCUT2D eigenvalue weighted by atomic mass is 15.0. The lowest BCUT2D eigenvalue weighted by molar-refractivity contribution is 0.568. The lowest BCUT2D eigenvalue weighted by atomic mass is 9.59. The second-order valence-electron chi connectivity index (χ2n) is 17.3. The summed E-state index contributed by atoms with van der Waals surface area (Å²) in [7, 11) is 65.5. The summed E-state index contributed by atoms with van der Waals surface area (Å²) in [6.45, 7) is 19.8. The molecule has 1 nitrogen and oxygen atoms in total. The zero-order valence-electron chi connectivity index (χ0n) is 32.3. The molecule has 0 aliphatic heterocycles. The van der Waals surface area contributed by atoms with Gasteiger partial charge in [0.25, 0.3) is 0 Å². The Morgan fingerprint density at radius 1 is 0.396 bits per heavy atom. The number of benzene rings is 5. The summed E-state index contributed by atoms with van der Waals surface area (Å²) in [4.78, 5) is 0. The Labute approximate surface area is 329 Å². The average molecular weight is 662 g/mol. The molecule has 0 unspecified atom stereocenters. The van der Waals surface area contributed by atoms with Gasteiger partial charge < -0.3 is 4.57 Å². The molecule has 0 atom stereocenters. The first-order chi connectivity index (χ1) is 24.4. The van der Waals surface area contributed by atoms with E-state index in [1.165, 1.54) is 11.1 Å². The van der Waals surface area contributed by atoms with Crippen LogP contribution in [0.4, 0.5) is 0 Å². The van der Waals surface area contributed by atoms with Gasteiger partial charge in [-0.05, 0) is 79.5 Å². The summed E-state index contributed by atoms with van der Waals surface area (Å²) in [6.07, 6.45) is 0. The van der Waals surface area contributed by atoms with Crippen molar-refractivity contribution in [2.75, 3.05) is 0 Å². The van der Waals surface area contributed by atoms with Gasteiger partial charge in [0.15, 0.2) is 0 Å². The first-order valence-electron chi connectivity index (χ1n) is 17.7. The summed E-state index contributed by atoms with van der Waals surface area (Å²) in [5.41, 5.74) is 9.98. The van der Waals surface area contributed by atoms with Crippen molar-refractivity contribution in [3.63, 3.8) is 0 Å². The molecule has 0 fully saturated rings. The van der Waals surface area contributed by atoms with E-state index in [1.54, 1.807) is 0 Å². The maximum atomic E-state index is 6.79. The van der Waals surface area contributed by atoms with Crippen molar-refractivity contribution in [3.05, 3.63) is 65.2 Å². The van der Waals surface area contributed by atoms with E-state index < -0.39 is 5.41 Å². The number of hydrogen-bond donors (Lipinski definition) is 0. The van der Waals surface area contributed by atoms with E-state index in [-0.39, 0.29) is 65.5 Å². The molecule has 1 aromatic heterocycles. The Morgan fingerprint density at radius 2 is 0.792 bits per heavy atom. The fourth-order valence-corrected chi connectivity index (χ4v) is 7.51. The number of fused-ring (bicyclic) bond motifs is 3. The van der Waals surface area contributed by atoms with E-state index in [9.17, 15) is 0 Å². The average Bonchev–Trinajstić information content (AvgIpc) is 3.41. The Kier molecular flexibility index (Phi) is 9.70. The van der Waals surface area contributed by atoms with Gasteiger partial charge in [-0.2, -0.15) is 0 Å². The monoisotopic (exact) mass is 663 g/mol. The quantitative estimate of drug-likeness (QED) is 0.235. The fraction of sp³-hybridized carbons (Fsp3) is 0.286. The number of nitrogens with zero attached hydrogens (tertiary/aromatic N) is 1. The molecule has 6 aromatic rings. The summed E-state index contributed by atoms with van der Waals surface area (Å²) in [6, 6.07) is 17.0. The predicted molar refractivity (Wildman–Crippen MR) is 242 cm³/mol. The topological polar surface area (TPSA) is 4.93 Å². The first kappa shape index (κ1) is 39.2. The lowest BCUT2D eigenvalue weighted by Crippen LogP contribution is -2.55. The fourth-order valence-electron chi connectivity index (χ4n) is 7.51. The van der Waals surface area contributed by atoms with Crippen molar-refractivity contribution < 1.29 is 0 Å². The molecule has 53 heavy (non-hydrogen) atoms. The molecule has 6 rings (SSSR count). The predicted octanol–water partition coefficient (Wildman–Crippen LogP) is -0.0518. The molecule has 0 amide bonds. The highest BCUT2D eigenvalue weighted by Crippen LogP contribution is 2.46. The van der Waals surface area contributed by atoms with Gasteiger partial charge in [-0.1, -0.05) is 108 Å². The zero-order valence-corrected chi connectivity index (χ0v) is 32.3. The molecule has 5 aromatic carbocycles. The third-order valence-corrected chi connectivity index (χ3v) is 10.6. The van der Waals surface area contributed by atoms with Gasteiger partial charge in [-0.15, -0.1) is 32.8 Å². The van der Waals surface area contributed by atoms with Crippen LogP contribution in [-0.2, 0) is 16.2 Å². The minimum absolute atomic E-state index is 0.129. The Hall–Kier alpha value is -3.45. The van der Waals surface area contributed by atoms with Crippen molar-refractivity contribution in [2.24, 2.45) is 0 Å². The Bertz CT molecular complexity index is 2420. The van der Waals surface area contributed by atoms with Gasteiger partial charge in [-0.3, -0.25) is 0 Å². The van der Waals surface area contributed by atoms with Crippen LogP contribution in [0.15, 0.2) is 48.5 Å². The van der Waals surface area contributed by atoms with E-state index in [1.807, 2.05) is 18.2 Å². The van der Waals surface area contributed by atoms with Crippen LogP contribution in [0, 0.1) is 0 Å². The second kappa shape index (κ2) is 13.1. The third kappa shape index (κ3) is 6.27. The molecule has 11 heteroatoms. The molecule has 238 valence electrons. The first-order valence-corrected chi connectivity index (χ1v) is 17.7. The van der Waals surface area contributed by atoms with Crippen molar-refractivity contribution in [1.29, 1.82) is 0 Å². The third-order valence-electron chi connectivity index (χ3n) is 10.6. The van der Waals surface area contributed by atoms with E-state index in [4.69, 9.17) is 78.5 Å². The zero-order chi connectivity index (χ0) is 39.4. The van der Waals surface area contributed by atoms with Crippen LogP contribution in [0.1, 0.15) is 79.0 Å². The van der Waals surface area contributed by atoms with Crippen LogP contribution >= 0.6 is 0 Å². The van der Waals surface area contributed by atoms with E-state index in [2.05, 4.69) is 97.2 Å². The molecule has 0 spiro atoms. The molecule has 0 aliphatic carbocycles. The van der Waals surface area contributed by atoms with Crippen LogP contribution in [0.25, 0.3) is 49.7 Å². The summed E-state index contributed by atoms with van der Waals surface area (Å²) < 4.78 is 2.30. The maximum Gasteiger partial charge on any atom is 0.113 e. The van der Waals surface area contributed by atoms with Crippen molar-refractivity contribution in [1.82, 2.24) is 4.57 Å². The normalized spacial score (nSPS) is 12.6. The summed E-state index contributed by atoms with van der Waals surface area (Å²) in [5.74, 6) is 0. The molecule has 0 aliphatic rings. The number of rotatable bonds is 3. The van der Waals surface area contributed by atoms with Gasteiger partial charge in [0, 0.05) is 16.5 Å². The molecule has 20 radical (unpaired) electrons. The smallest absolute Gasteiger partial charge is 0.113 e. The van der Waals surface area contributed by atoms with E-state index in [0.29, 0.717) is 11.1 Å². The maximum absolute atomic E-state index is 6.79. The summed E-state index contributed by atoms with van der Waals surface area (Å²) >= 11 is 0. The minimum atomic E-state index is -0.495. The summed E-state index contributed by atoms with van der Waals surface area (Å²) in [5, 5.41) is 1.81. The van der Waals surface area contributed by atoms with Crippen molar-refractivity contribution in [2.45, 2.75) is 78.6 Å². The SMILES string of the molecule is [B]c1c([B])c([B])c(-c2ccc3c(c2C(C)(C)C)c2c(-c4c([B])c([B])c([B])c([B])c4[B])cccc2n3-c2cc(C(C)(C)C)cc(C(C)(C)C)c2)c([B])c1[B]. The Morgan fingerprint density at radius 3 is 1.21 bits per heavy atom. The molecule has 0 N–H and O–H groups in total. The molecular formula is C42H35B10N. The molecule has 0 saturated carbocycles. The second-order valence-corrected chi connectivity index (χ2v) is 17.3. The Balaban J connectivity index is 1.95. The van der Waals surface area contributed by atoms with Crippen molar-refractivity contribution >= 4 is 155 Å². The largest absolute Gasteiger partial charge is 0.309 e.